The van der Waals surface area contributed by atoms with Crippen LogP contribution in [0.4, 0.5) is 0 Å². The Balaban J connectivity index is 2.34. The second kappa shape index (κ2) is 6.48. The fraction of sp³-hybridized carbons (Fsp3) is 0.818. The van der Waals surface area contributed by atoms with Gasteiger partial charge in [0.1, 0.15) is 0 Å². The summed E-state index contributed by atoms with van der Waals surface area (Å²) in [7, 11) is 1.79. The predicted molar refractivity (Wildman–Crippen MR) is 62.0 cm³/mol. The van der Waals surface area contributed by atoms with Crippen molar-refractivity contribution < 1.29 is 9.59 Å². The number of nitrogens with zero attached hydrogens (tertiary/aromatic N) is 1. The topological polar surface area (TPSA) is 61.4 Å². The average molecular weight is 227 g/mol. The molecule has 1 saturated heterocycles. The Morgan fingerprint density at radius 3 is 2.88 bits per heavy atom. The van der Waals surface area contributed by atoms with Gasteiger partial charge in [-0.05, 0) is 6.42 Å². The number of hydrogen-bond acceptors (Lipinski definition) is 3. The van der Waals surface area contributed by atoms with Crippen LogP contribution < -0.4 is 10.6 Å². The van der Waals surface area contributed by atoms with Gasteiger partial charge in [-0.2, -0.15) is 0 Å². The van der Waals surface area contributed by atoms with Gasteiger partial charge in [-0.15, -0.1) is 0 Å². The summed E-state index contributed by atoms with van der Waals surface area (Å²) in [5, 5.41) is 5.80. The maximum absolute atomic E-state index is 11.8. The Kier molecular flexibility index (Phi) is 5.25. The molecule has 2 N–H and O–H groups in total. The highest BCUT2D eigenvalue weighted by atomic mass is 16.2. The number of piperazine rings is 1. The lowest BCUT2D eigenvalue weighted by molar-refractivity contribution is -0.134. The lowest BCUT2D eigenvalue weighted by Gasteiger charge is -2.25. The number of amides is 2. The number of rotatable bonds is 5. The van der Waals surface area contributed by atoms with Crippen LogP contribution in [-0.4, -0.2) is 49.4 Å². The van der Waals surface area contributed by atoms with Gasteiger partial charge in [0, 0.05) is 26.7 Å². The van der Waals surface area contributed by atoms with Crippen LogP contribution in [0.5, 0.6) is 0 Å². The zero-order valence-corrected chi connectivity index (χ0v) is 10.1. The maximum Gasteiger partial charge on any atom is 0.237 e. The van der Waals surface area contributed by atoms with E-state index in [1.165, 1.54) is 0 Å². The maximum atomic E-state index is 11.8. The zero-order chi connectivity index (χ0) is 12.0. The molecule has 1 unspecified atom stereocenters. The molecule has 16 heavy (non-hydrogen) atoms. The molecule has 0 aliphatic carbocycles. The van der Waals surface area contributed by atoms with Crippen molar-refractivity contribution in [3.63, 3.8) is 0 Å². The molecule has 0 spiro atoms. The molecule has 92 valence electrons. The minimum Gasteiger partial charge on any atom is -0.353 e. The van der Waals surface area contributed by atoms with E-state index in [0.29, 0.717) is 6.54 Å². The summed E-state index contributed by atoms with van der Waals surface area (Å²) >= 11 is 0. The third-order valence-corrected chi connectivity index (χ3v) is 2.78. The monoisotopic (exact) mass is 227 g/mol. The first-order chi connectivity index (χ1) is 7.65. The van der Waals surface area contributed by atoms with Crippen molar-refractivity contribution in [3.8, 4) is 0 Å². The summed E-state index contributed by atoms with van der Waals surface area (Å²) in [5.74, 6) is -0.0357. The van der Waals surface area contributed by atoms with E-state index < -0.39 is 0 Å². The first kappa shape index (κ1) is 13.0. The van der Waals surface area contributed by atoms with Crippen molar-refractivity contribution in [1.29, 1.82) is 0 Å². The van der Waals surface area contributed by atoms with E-state index in [9.17, 15) is 9.59 Å². The van der Waals surface area contributed by atoms with Crippen molar-refractivity contribution in [2.75, 3.05) is 26.7 Å². The van der Waals surface area contributed by atoms with Crippen LogP contribution in [0.15, 0.2) is 0 Å². The van der Waals surface area contributed by atoms with E-state index >= 15 is 0 Å². The summed E-state index contributed by atoms with van der Waals surface area (Å²) in [5.41, 5.74) is 0. The van der Waals surface area contributed by atoms with Crippen molar-refractivity contribution >= 4 is 11.8 Å². The van der Waals surface area contributed by atoms with Crippen molar-refractivity contribution in [2.24, 2.45) is 0 Å². The molecule has 1 rings (SSSR count). The molecule has 1 aliphatic rings. The Labute approximate surface area is 96.6 Å². The molecule has 5 heteroatoms. The molecule has 1 heterocycles. The zero-order valence-electron chi connectivity index (χ0n) is 10.1. The summed E-state index contributed by atoms with van der Waals surface area (Å²) in [6, 6.07) is -0.356. The SMILES string of the molecule is CCCCN(C)C(=O)CC1NCCNC1=O. The quantitative estimate of drug-likeness (QED) is 0.679. The van der Waals surface area contributed by atoms with E-state index in [1.807, 2.05) is 0 Å². The molecule has 1 atom stereocenters. The van der Waals surface area contributed by atoms with Crippen molar-refractivity contribution in [2.45, 2.75) is 32.2 Å². The lowest BCUT2D eigenvalue weighted by Crippen LogP contribution is -2.54. The highest BCUT2D eigenvalue weighted by molar-refractivity contribution is 5.88. The summed E-state index contributed by atoms with van der Waals surface area (Å²) in [6.07, 6.45) is 2.33. The third-order valence-electron chi connectivity index (χ3n) is 2.78. The Hall–Kier alpha value is -1.10. The van der Waals surface area contributed by atoms with Gasteiger partial charge < -0.3 is 15.5 Å². The van der Waals surface area contributed by atoms with E-state index in [-0.39, 0.29) is 24.3 Å². The summed E-state index contributed by atoms with van der Waals surface area (Å²) in [4.78, 5) is 24.9. The summed E-state index contributed by atoms with van der Waals surface area (Å²) < 4.78 is 0. The predicted octanol–water partition coefficient (Wildman–Crippen LogP) is -0.277. The fourth-order valence-corrected chi connectivity index (χ4v) is 1.66. The van der Waals surface area contributed by atoms with Gasteiger partial charge in [0.15, 0.2) is 0 Å². The molecular formula is C11H21N3O2. The summed E-state index contributed by atoms with van der Waals surface area (Å²) in [6.45, 7) is 4.25. The van der Waals surface area contributed by atoms with Gasteiger partial charge in [-0.3, -0.25) is 9.59 Å². The lowest BCUT2D eigenvalue weighted by atomic mass is 10.1. The van der Waals surface area contributed by atoms with E-state index in [1.54, 1.807) is 11.9 Å². The largest absolute Gasteiger partial charge is 0.353 e. The molecule has 1 fully saturated rings. The van der Waals surface area contributed by atoms with E-state index in [4.69, 9.17) is 0 Å². The normalized spacial score (nSPS) is 20.4. The average Bonchev–Trinajstić information content (AvgIpc) is 2.28. The molecule has 5 nitrogen and oxygen atoms in total. The van der Waals surface area contributed by atoms with E-state index in [2.05, 4.69) is 17.6 Å². The molecule has 0 radical (unpaired) electrons. The van der Waals surface area contributed by atoms with Gasteiger partial charge >= 0.3 is 0 Å². The van der Waals surface area contributed by atoms with Gasteiger partial charge in [0.2, 0.25) is 11.8 Å². The standard InChI is InChI=1S/C11H21N3O2/c1-3-4-7-14(2)10(15)8-9-11(16)13-6-5-12-9/h9,12H,3-8H2,1-2H3,(H,13,16). The number of carbonyl (C=O) groups excluding carboxylic acids is 2. The van der Waals surface area contributed by atoms with Crippen LogP contribution in [0, 0.1) is 0 Å². The second-order valence-electron chi connectivity index (χ2n) is 4.17. The molecule has 0 aromatic carbocycles. The smallest absolute Gasteiger partial charge is 0.237 e. The molecule has 0 bridgehead atoms. The molecule has 0 saturated carbocycles. The highest BCUT2D eigenvalue weighted by Gasteiger charge is 2.25. The van der Waals surface area contributed by atoms with Gasteiger partial charge in [-0.25, -0.2) is 0 Å². The second-order valence-corrected chi connectivity index (χ2v) is 4.17. The highest BCUT2D eigenvalue weighted by Crippen LogP contribution is 2.01. The van der Waals surface area contributed by atoms with Crippen LogP contribution in [0.25, 0.3) is 0 Å². The van der Waals surface area contributed by atoms with Gasteiger partial charge in [0.05, 0.1) is 12.5 Å². The molecule has 0 aromatic rings. The van der Waals surface area contributed by atoms with Gasteiger partial charge in [-0.1, -0.05) is 13.3 Å². The minimum atomic E-state index is -0.356. The van der Waals surface area contributed by atoms with Gasteiger partial charge in [0.25, 0.3) is 0 Å². The Morgan fingerprint density at radius 2 is 2.25 bits per heavy atom. The Bertz CT molecular complexity index is 256. The number of carbonyl (C=O) groups is 2. The van der Waals surface area contributed by atoms with Crippen LogP contribution in [-0.2, 0) is 9.59 Å². The van der Waals surface area contributed by atoms with E-state index in [0.717, 1.165) is 25.9 Å². The number of unbranched alkanes of at least 4 members (excludes halogenated alkanes) is 1. The Morgan fingerprint density at radius 1 is 1.50 bits per heavy atom. The van der Waals surface area contributed by atoms with Crippen LogP contribution >= 0.6 is 0 Å². The van der Waals surface area contributed by atoms with Crippen LogP contribution in [0.1, 0.15) is 26.2 Å². The first-order valence-corrected chi connectivity index (χ1v) is 5.90. The molecule has 1 aliphatic heterocycles. The van der Waals surface area contributed by atoms with Crippen molar-refractivity contribution in [1.82, 2.24) is 15.5 Å². The van der Waals surface area contributed by atoms with Crippen molar-refractivity contribution in [3.05, 3.63) is 0 Å². The number of hydrogen-bond donors (Lipinski definition) is 2. The first-order valence-electron chi connectivity index (χ1n) is 5.90. The molecule has 0 aromatic heterocycles. The fourth-order valence-electron chi connectivity index (χ4n) is 1.66. The third kappa shape index (κ3) is 3.81. The minimum absolute atomic E-state index is 0.0306. The van der Waals surface area contributed by atoms with Crippen LogP contribution in [0.3, 0.4) is 0 Å². The molecular weight excluding hydrogens is 206 g/mol. The number of nitrogens with one attached hydrogen (secondary N) is 2. The van der Waals surface area contributed by atoms with Crippen LogP contribution in [0.2, 0.25) is 0 Å². The molecule has 2 amide bonds.